The number of benzene rings is 2. The summed E-state index contributed by atoms with van der Waals surface area (Å²) in [6.45, 7) is 9.09. The van der Waals surface area contributed by atoms with E-state index in [1.165, 1.54) is 18.5 Å². The van der Waals surface area contributed by atoms with Crippen LogP contribution >= 0.6 is 11.6 Å². The summed E-state index contributed by atoms with van der Waals surface area (Å²) in [6, 6.07) is 10.4. The monoisotopic (exact) mass is 623 g/mol. The van der Waals surface area contributed by atoms with Gasteiger partial charge < -0.3 is 25.0 Å². The van der Waals surface area contributed by atoms with Crippen LogP contribution in [0.5, 0.6) is 5.75 Å². The summed E-state index contributed by atoms with van der Waals surface area (Å²) in [7, 11) is 1.60. The standard InChI is InChI=1S/C31H35ClFN7O4/c1-3-31(41)37-24-15-25(28(42-2)16-27(24)39-8-6-21(18-39)38-9-12-43-13-10-38)36-29-17-30(35-19-34-29)40-26(7-11-44-40)20-4-5-22(32)23(33)14-20/h3-5,14-17,19,21,26H,1,6-13,18H2,2H3,(H,37,41)(H,34,35,36)/t21?,26-/m1/s1. The lowest BCUT2D eigenvalue weighted by atomic mass is 10.0. The van der Waals surface area contributed by atoms with Crippen molar-refractivity contribution in [2.75, 3.05) is 73.7 Å². The highest BCUT2D eigenvalue weighted by Gasteiger charge is 2.32. The van der Waals surface area contributed by atoms with E-state index in [4.69, 9.17) is 25.9 Å². The van der Waals surface area contributed by atoms with Crippen LogP contribution in [0.4, 0.5) is 33.1 Å². The first-order chi connectivity index (χ1) is 21.4. The summed E-state index contributed by atoms with van der Waals surface area (Å²) in [5.41, 5.74) is 2.83. The Balaban J connectivity index is 1.26. The minimum atomic E-state index is -0.485. The van der Waals surface area contributed by atoms with Crippen molar-refractivity contribution in [3.63, 3.8) is 0 Å². The number of nitrogens with zero attached hydrogens (tertiary/aromatic N) is 5. The van der Waals surface area contributed by atoms with E-state index in [9.17, 15) is 9.18 Å². The molecular weight excluding hydrogens is 589 g/mol. The van der Waals surface area contributed by atoms with E-state index in [1.54, 1.807) is 30.4 Å². The molecule has 0 aliphatic carbocycles. The Hall–Kier alpha value is -3.97. The fourth-order valence-corrected chi connectivity index (χ4v) is 6.09. The largest absolute Gasteiger partial charge is 0.494 e. The fourth-order valence-electron chi connectivity index (χ4n) is 5.97. The van der Waals surface area contributed by atoms with E-state index in [2.05, 4.69) is 37.0 Å². The van der Waals surface area contributed by atoms with Crippen LogP contribution < -0.4 is 25.3 Å². The van der Waals surface area contributed by atoms with Crippen molar-refractivity contribution in [3.05, 3.63) is 71.8 Å². The maximum absolute atomic E-state index is 14.2. The molecule has 3 aromatic rings. The summed E-state index contributed by atoms with van der Waals surface area (Å²) >= 11 is 5.90. The van der Waals surface area contributed by atoms with Gasteiger partial charge in [0.25, 0.3) is 0 Å². The van der Waals surface area contributed by atoms with E-state index >= 15 is 0 Å². The van der Waals surface area contributed by atoms with Crippen LogP contribution in [-0.4, -0.2) is 79.9 Å². The predicted octanol–water partition coefficient (Wildman–Crippen LogP) is 4.94. The number of hydrogen-bond donors (Lipinski definition) is 2. The predicted molar refractivity (Wildman–Crippen MR) is 167 cm³/mol. The lowest BCUT2D eigenvalue weighted by Gasteiger charge is -2.32. The summed E-state index contributed by atoms with van der Waals surface area (Å²) in [6.07, 6.45) is 4.34. The number of halogens is 2. The molecule has 44 heavy (non-hydrogen) atoms. The number of carbonyl (C=O) groups excluding carboxylic acids is 1. The Morgan fingerprint density at radius 2 is 1.95 bits per heavy atom. The number of anilines is 5. The van der Waals surface area contributed by atoms with Crippen molar-refractivity contribution < 1.29 is 23.5 Å². The van der Waals surface area contributed by atoms with E-state index < -0.39 is 5.82 Å². The smallest absolute Gasteiger partial charge is 0.247 e. The molecular formula is C31H35ClFN7O4. The Kier molecular flexibility index (Phi) is 9.12. The molecule has 1 unspecified atom stereocenters. The molecule has 3 saturated heterocycles. The highest BCUT2D eigenvalue weighted by molar-refractivity contribution is 6.30. The second-order valence-electron chi connectivity index (χ2n) is 10.8. The van der Waals surface area contributed by atoms with Gasteiger partial charge in [0.2, 0.25) is 5.91 Å². The molecule has 2 N–H and O–H groups in total. The third kappa shape index (κ3) is 6.43. The number of hydrogen-bond acceptors (Lipinski definition) is 10. The van der Waals surface area contributed by atoms with Crippen molar-refractivity contribution in [1.29, 1.82) is 0 Å². The van der Waals surface area contributed by atoms with Crippen LogP contribution in [0.1, 0.15) is 24.4 Å². The minimum absolute atomic E-state index is 0.0676. The van der Waals surface area contributed by atoms with Crippen LogP contribution in [-0.2, 0) is 14.4 Å². The number of morpholine rings is 1. The molecule has 0 radical (unpaired) electrons. The molecule has 3 aliphatic heterocycles. The molecule has 13 heteroatoms. The number of amides is 1. The van der Waals surface area contributed by atoms with Crippen LogP contribution in [0.2, 0.25) is 5.02 Å². The summed E-state index contributed by atoms with van der Waals surface area (Å²) in [4.78, 5) is 31.9. The van der Waals surface area contributed by atoms with Gasteiger partial charge in [-0.1, -0.05) is 24.2 Å². The molecule has 11 nitrogen and oxygen atoms in total. The van der Waals surface area contributed by atoms with Gasteiger partial charge in [0, 0.05) is 50.8 Å². The molecule has 232 valence electrons. The Labute approximate surface area is 260 Å². The Morgan fingerprint density at radius 3 is 2.73 bits per heavy atom. The van der Waals surface area contributed by atoms with Crippen molar-refractivity contribution in [2.24, 2.45) is 0 Å². The van der Waals surface area contributed by atoms with E-state index in [0.29, 0.717) is 47.8 Å². The molecule has 2 aromatic carbocycles. The SMILES string of the molecule is C=CC(=O)Nc1cc(Nc2cc(N3OCC[C@@H]3c3ccc(Cl)c(F)c3)ncn2)c(OC)cc1N1CCC(N2CCOCC2)C1. The second kappa shape index (κ2) is 13.3. The van der Waals surface area contributed by atoms with Gasteiger partial charge in [-0.05, 0) is 36.3 Å². The number of rotatable bonds is 9. The van der Waals surface area contributed by atoms with Gasteiger partial charge in [-0.3, -0.25) is 14.5 Å². The molecule has 0 saturated carbocycles. The zero-order valence-electron chi connectivity index (χ0n) is 24.5. The number of methoxy groups -OCH3 is 1. The van der Waals surface area contributed by atoms with E-state index in [-0.39, 0.29) is 17.0 Å². The third-order valence-electron chi connectivity index (χ3n) is 8.20. The number of aromatic nitrogens is 2. The van der Waals surface area contributed by atoms with Gasteiger partial charge >= 0.3 is 0 Å². The maximum Gasteiger partial charge on any atom is 0.247 e. The average Bonchev–Trinajstić information content (AvgIpc) is 3.74. The first-order valence-electron chi connectivity index (χ1n) is 14.6. The van der Waals surface area contributed by atoms with Crippen LogP contribution in [0.25, 0.3) is 0 Å². The molecule has 1 amide bonds. The van der Waals surface area contributed by atoms with Crippen molar-refractivity contribution in [2.45, 2.75) is 24.9 Å². The summed E-state index contributed by atoms with van der Waals surface area (Å²) in [5, 5.41) is 8.01. The fraction of sp³-hybridized carbons (Fsp3) is 0.387. The Bertz CT molecular complexity index is 1520. The van der Waals surface area contributed by atoms with Crippen molar-refractivity contribution >= 4 is 46.2 Å². The second-order valence-corrected chi connectivity index (χ2v) is 11.2. The molecule has 3 aliphatic rings. The lowest BCUT2D eigenvalue weighted by Crippen LogP contribution is -2.44. The average molecular weight is 624 g/mol. The first kappa shape index (κ1) is 30.1. The van der Waals surface area contributed by atoms with Gasteiger partial charge in [-0.25, -0.2) is 19.4 Å². The first-order valence-corrected chi connectivity index (χ1v) is 15.0. The van der Waals surface area contributed by atoms with Crippen LogP contribution in [0, 0.1) is 5.82 Å². The topological polar surface area (TPSA) is 104 Å². The molecule has 1 aromatic heterocycles. The quantitative estimate of drug-likeness (QED) is 0.319. The molecule has 3 fully saturated rings. The summed E-state index contributed by atoms with van der Waals surface area (Å²) < 4.78 is 25.6. The van der Waals surface area contributed by atoms with Gasteiger partial charge in [0.15, 0.2) is 5.82 Å². The van der Waals surface area contributed by atoms with Gasteiger partial charge in [0.1, 0.15) is 23.7 Å². The zero-order chi connectivity index (χ0) is 30.6. The number of hydroxylamine groups is 1. The maximum atomic E-state index is 14.2. The number of ether oxygens (including phenoxy) is 2. The van der Waals surface area contributed by atoms with Gasteiger partial charge in [0.05, 0.1) is 55.1 Å². The highest BCUT2D eigenvalue weighted by Crippen LogP contribution is 2.41. The lowest BCUT2D eigenvalue weighted by molar-refractivity contribution is -0.111. The summed E-state index contributed by atoms with van der Waals surface area (Å²) in [5.74, 6) is 0.765. The van der Waals surface area contributed by atoms with Gasteiger partial charge in [-0.2, -0.15) is 0 Å². The number of nitrogens with one attached hydrogen (secondary N) is 2. The van der Waals surface area contributed by atoms with Crippen molar-refractivity contribution in [1.82, 2.24) is 14.9 Å². The van der Waals surface area contributed by atoms with Crippen molar-refractivity contribution in [3.8, 4) is 5.75 Å². The molecule has 0 bridgehead atoms. The van der Waals surface area contributed by atoms with E-state index in [0.717, 1.165) is 57.1 Å². The molecule has 6 rings (SSSR count). The van der Waals surface area contributed by atoms with Gasteiger partial charge in [-0.15, -0.1) is 0 Å². The molecule has 2 atom stereocenters. The van der Waals surface area contributed by atoms with E-state index in [1.807, 2.05) is 12.1 Å². The Morgan fingerprint density at radius 1 is 1.11 bits per heavy atom. The number of carbonyl (C=O) groups is 1. The minimum Gasteiger partial charge on any atom is -0.494 e. The van der Waals surface area contributed by atoms with Crippen LogP contribution in [0.15, 0.2) is 55.4 Å². The molecule has 0 spiro atoms. The molecule has 4 heterocycles. The normalized spacial score (nSPS) is 20.5. The highest BCUT2D eigenvalue weighted by atomic mass is 35.5. The van der Waals surface area contributed by atoms with Crippen LogP contribution in [0.3, 0.4) is 0 Å². The zero-order valence-corrected chi connectivity index (χ0v) is 25.2. The third-order valence-corrected chi connectivity index (χ3v) is 8.51.